The van der Waals surface area contributed by atoms with E-state index in [1.54, 1.807) is 0 Å². The lowest BCUT2D eigenvalue weighted by Crippen LogP contribution is -2.51. The summed E-state index contributed by atoms with van der Waals surface area (Å²) >= 11 is 0. The van der Waals surface area contributed by atoms with E-state index >= 15 is 0 Å². The number of piperazine rings is 1. The maximum absolute atomic E-state index is 5.49. The molecule has 23 heavy (non-hydrogen) atoms. The molecule has 0 radical (unpaired) electrons. The van der Waals surface area contributed by atoms with Crippen LogP contribution in [0.15, 0.2) is 36.5 Å². The molecule has 2 saturated heterocycles. The molecule has 2 aliphatic heterocycles. The van der Waals surface area contributed by atoms with Gasteiger partial charge in [-0.2, -0.15) is 0 Å². The summed E-state index contributed by atoms with van der Waals surface area (Å²) in [4.78, 5) is 9.72. The first-order valence-electron chi connectivity index (χ1n) is 8.77. The Morgan fingerprint density at radius 2 is 1.78 bits per heavy atom. The van der Waals surface area contributed by atoms with Gasteiger partial charge < -0.3 is 4.74 Å². The Bertz CT molecular complexity index is 641. The van der Waals surface area contributed by atoms with Gasteiger partial charge in [-0.15, -0.1) is 0 Å². The zero-order chi connectivity index (χ0) is 15.5. The fourth-order valence-corrected chi connectivity index (χ4v) is 3.87. The van der Waals surface area contributed by atoms with Crippen LogP contribution >= 0.6 is 0 Å². The quantitative estimate of drug-likeness (QED) is 0.871. The number of para-hydroxylation sites is 1. The van der Waals surface area contributed by atoms with E-state index in [0.29, 0.717) is 0 Å². The Morgan fingerprint density at radius 3 is 2.61 bits per heavy atom. The number of aromatic nitrogens is 1. The number of pyridine rings is 1. The number of fused-ring (bicyclic) bond motifs is 1. The highest BCUT2D eigenvalue weighted by atomic mass is 16.5. The van der Waals surface area contributed by atoms with E-state index in [0.717, 1.165) is 44.4 Å². The first kappa shape index (κ1) is 15.1. The third kappa shape index (κ3) is 3.39. The van der Waals surface area contributed by atoms with Crippen LogP contribution in [0.4, 0.5) is 0 Å². The second-order valence-electron chi connectivity index (χ2n) is 6.64. The minimum absolute atomic E-state index is 0.743. The molecule has 0 atom stereocenters. The molecule has 1 aromatic heterocycles. The van der Waals surface area contributed by atoms with Gasteiger partial charge >= 0.3 is 0 Å². The average molecular weight is 311 g/mol. The molecule has 4 nitrogen and oxygen atoms in total. The lowest BCUT2D eigenvalue weighted by molar-refractivity contribution is 0.0127. The number of hydrogen-bond acceptors (Lipinski definition) is 4. The van der Waals surface area contributed by atoms with E-state index in [2.05, 4.69) is 45.1 Å². The molecule has 0 amide bonds. The summed E-state index contributed by atoms with van der Waals surface area (Å²) in [5.41, 5.74) is 2.50. The molecule has 2 aromatic rings. The van der Waals surface area contributed by atoms with Gasteiger partial charge in [-0.25, -0.2) is 0 Å². The summed E-state index contributed by atoms with van der Waals surface area (Å²) in [5, 5.41) is 1.29. The van der Waals surface area contributed by atoms with Crippen LogP contribution in [0.25, 0.3) is 10.9 Å². The van der Waals surface area contributed by atoms with Crippen LogP contribution in [0, 0.1) is 0 Å². The normalized spacial score (nSPS) is 21.7. The van der Waals surface area contributed by atoms with Crippen molar-refractivity contribution in [2.75, 3.05) is 39.4 Å². The lowest BCUT2D eigenvalue weighted by Gasteiger charge is -2.40. The second-order valence-corrected chi connectivity index (χ2v) is 6.64. The lowest BCUT2D eigenvalue weighted by atomic mass is 10.1. The predicted molar refractivity (Wildman–Crippen MR) is 92.4 cm³/mol. The molecule has 4 rings (SSSR count). The van der Waals surface area contributed by atoms with E-state index in [4.69, 9.17) is 4.74 Å². The van der Waals surface area contributed by atoms with Gasteiger partial charge in [-0.05, 0) is 30.5 Å². The van der Waals surface area contributed by atoms with Crippen molar-refractivity contribution in [2.45, 2.75) is 25.4 Å². The molecule has 0 N–H and O–H groups in total. The summed E-state index contributed by atoms with van der Waals surface area (Å²) in [7, 11) is 0. The summed E-state index contributed by atoms with van der Waals surface area (Å²) in [5.74, 6) is 0. The minimum atomic E-state index is 0.743. The fraction of sp³-hybridized carbons (Fsp3) is 0.526. The highest BCUT2D eigenvalue weighted by Crippen LogP contribution is 2.20. The average Bonchev–Trinajstić information content (AvgIpc) is 2.63. The minimum Gasteiger partial charge on any atom is -0.381 e. The van der Waals surface area contributed by atoms with Crippen LogP contribution in [-0.4, -0.2) is 60.2 Å². The Hall–Kier alpha value is -1.49. The van der Waals surface area contributed by atoms with Crippen molar-refractivity contribution in [1.29, 1.82) is 0 Å². The zero-order valence-corrected chi connectivity index (χ0v) is 13.7. The standard InChI is InChI=1S/C19H25N3O/c1-2-4-19-18(3-1)16(5-8-20-19)15-21-9-11-22(12-10-21)17-6-13-23-14-7-17/h1-5,8,17H,6-7,9-15H2. The Morgan fingerprint density at radius 1 is 1.00 bits per heavy atom. The van der Waals surface area contributed by atoms with Gasteiger partial charge in [-0.3, -0.25) is 14.8 Å². The van der Waals surface area contributed by atoms with E-state index in [1.807, 2.05) is 6.20 Å². The molecule has 2 fully saturated rings. The number of ether oxygens (including phenoxy) is 1. The van der Waals surface area contributed by atoms with Crippen LogP contribution in [0.2, 0.25) is 0 Å². The molecule has 0 unspecified atom stereocenters. The van der Waals surface area contributed by atoms with Gasteiger partial charge in [0, 0.05) is 63.6 Å². The van der Waals surface area contributed by atoms with Crippen LogP contribution in [0.3, 0.4) is 0 Å². The van der Waals surface area contributed by atoms with Gasteiger partial charge in [-0.1, -0.05) is 18.2 Å². The number of rotatable bonds is 3. The van der Waals surface area contributed by atoms with Crippen molar-refractivity contribution in [3.05, 3.63) is 42.1 Å². The van der Waals surface area contributed by atoms with Crippen molar-refractivity contribution in [3.63, 3.8) is 0 Å². The summed E-state index contributed by atoms with van der Waals surface area (Å²) in [6.45, 7) is 7.61. The summed E-state index contributed by atoms with van der Waals surface area (Å²) in [6, 6.07) is 11.4. The molecule has 0 spiro atoms. The smallest absolute Gasteiger partial charge is 0.0705 e. The maximum Gasteiger partial charge on any atom is 0.0705 e. The summed E-state index contributed by atoms with van der Waals surface area (Å²) in [6.07, 6.45) is 4.35. The molecular formula is C19H25N3O. The Labute approximate surface area is 138 Å². The number of benzene rings is 1. The van der Waals surface area contributed by atoms with Gasteiger partial charge in [0.2, 0.25) is 0 Å². The van der Waals surface area contributed by atoms with Crippen molar-refractivity contribution in [2.24, 2.45) is 0 Å². The molecule has 0 saturated carbocycles. The monoisotopic (exact) mass is 311 g/mol. The first-order chi connectivity index (χ1) is 11.4. The molecule has 2 aliphatic rings. The van der Waals surface area contributed by atoms with Crippen LogP contribution < -0.4 is 0 Å². The molecule has 1 aromatic carbocycles. The predicted octanol–water partition coefficient (Wildman–Crippen LogP) is 2.53. The van der Waals surface area contributed by atoms with Gasteiger partial charge in [0.1, 0.15) is 0 Å². The van der Waals surface area contributed by atoms with Gasteiger partial charge in [0.05, 0.1) is 5.52 Å². The van der Waals surface area contributed by atoms with E-state index in [-0.39, 0.29) is 0 Å². The summed E-state index contributed by atoms with van der Waals surface area (Å²) < 4.78 is 5.49. The topological polar surface area (TPSA) is 28.6 Å². The highest BCUT2D eigenvalue weighted by molar-refractivity contribution is 5.81. The van der Waals surface area contributed by atoms with Crippen molar-refractivity contribution in [1.82, 2.24) is 14.8 Å². The van der Waals surface area contributed by atoms with Gasteiger partial charge in [0.25, 0.3) is 0 Å². The van der Waals surface area contributed by atoms with E-state index < -0.39 is 0 Å². The van der Waals surface area contributed by atoms with Crippen LogP contribution in [0.5, 0.6) is 0 Å². The molecule has 0 bridgehead atoms. The highest BCUT2D eigenvalue weighted by Gasteiger charge is 2.25. The Balaban J connectivity index is 1.39. The third-order valence-electron chi connectivity index (χ3n) is 5.25. The molecule has 4 heteroatoms. The largest absolute Gasteiger partial charge is 0.381 e. The number of nitrogens with zero attached hydrogens (tertiary/aromatic N) is 3. The Kier molecular flexibility index (Phi) is 4.55. The maximum atomic E-state index is 5.49. The first-order valence-corrected chi connectivity index (χ1v) is 8.77. The van der Waals surface area contributed by atoms with Gasteiger partial charge in [0.15, 0.2) is 0 Å². The molecular weight excluding hydrogens is 286 g/mol. The second kappa shape index (κ2) is 6.95. The van der Waals surface area contributed by atoms with Crippen molar-refractivity contribution < 1.29 is 4.74 Å². The van der Waals surface area contributed by atoms with Crippen molar-refractivity contribution in [3.8, 4) is 0 Å². The molecule has 0 aliphatic carbocycles. The SMILES string of the molecule is c1ccc2c(CN3CCN(C4CCOCC4)CC3)ccnc2c1. The zero-order valence-electron chi connectivity index (χ0n) is 13.7. The number of hydrogen-bond donors (Lipinski definition) is 0. The van der Waals surface area contributed by atoms with Crippen molar-refractivity contribution >= 4 is 10.9 Å². The van der Waals surface area contributed by atoms with E-state index in [9.17, 15) is 0 Å². The molecule has 122 valence electrons. The molecule has 3 heterocycles. The third-order valence-corrected chi connectivity index (χ3v) is 5.25. The van der Waals surface area contributed by atoms with Crippen LogP contribution in [-0.2, 0) is 11.3 Å². The van der Waals surface area contributed by atoms with E-state index in [1.165, 1.54) is 36.9 Å². The fourth-order valence-electron chi connectivity index (χ4n) is 3.87. The van der Waals surface area contributed by atoms with Crippen LogP contribution in [0.1, 0.15) is 18.4 Å².